The van der Waals surface area contributed by atoms with Crippen LogP contribution >= 0.6 is 0 Å². The molecule has 0 saturated carbocycles. The molecule has 2 nitrogen and oxygen atoms in total. The maximum Gasteiger partial charge on any atom is 0.302 e. The summed E-state index contributed by atoms with van der Waals surface area (Å²) in [5.41, 5.74) is 2.85. The predicted molar refractivity (Wildman–Crippen MR) is 81.3 cm³/mol. The predicted octanol–water partition coefficient (Wildman–Crippen LogP) is 4.69. The maximum absolute atomic E-state index is 9.82. The molecule has 1 aromatic carbocycles. The van der Waals surface area contributed by atoms with E-state index in [-0.39, 0.29) is 5.97 Å². The van der Waals surface area contributed by atoms with E-state index < -0.39 is 0 Å². The summed E-state index contributed by atoms with van der Waals surface area (Å²) in [6.45, 7) is 8.05. The average molecular weight is 264 g/mol. The second kappa shape index (κ2) is 11.8. The van der Waals surface area contributed by atoms with Gasteiger partial charge in [-0.05, 0) is 32.3 Å². The molecule has 0 spiro atoms. The minimum Gasteiger partial charge on any atom is -0.466 e. The van der Waals surface area contributed by atoms with E-state index in [4.69, 9.17) is 0 Å². The van der Waals surface area contributed by atoms with Crippen LogP contribution in [-0.2, 0) is 16.0 Å². The molecule has 0 N–H and O–H groups in total. The van der Waals surface area contributed by atoms with Gasteiger partial charge >= 0.3 is 5.97 Å². The lowest BCUT2D eigenvalue weighted by Gasteiger charge is -2.01. The lowest BCUT2D eigenvalue weighted by atomic mass is 10.1. The smallest absolute Gasteiger partial charge is 0.302 e. The summed E-state index contributed by atoms with van der Waals surface area (Å²) < 4.78 is 4.40. The molecule has 0 atom stereocenters. The molecule has 0 fully saturated rings. The Bertz CT molecular complexity index is 328. The SMILES string of the molecule is CCCCCCc1ccc(C)cc1.CCOC(C)=O. The van der Waals surface area contributed by atoms with Gasteiger partial charge in [0.1, 0.15) is 0 Å². The molecule has 0 saturated heterocycles. The highest BCUT2D eigenvalue weighted by Gasteiger charge is 1.92. The average Bonchev–Trinajstić information content (AvgIpc) is 2.37. The topological polar surface area (TPSA) is 26.3 Å². The Kier molecular flexibility index (Phi) is 11.0. The molecule has 1 aromatic rings. The minimum atomic E-state index is -0.211. The third-order valence-corrected chi connectivity index (χ3v) is 2.79. The van der Waals surface area contributed by atoms with Gasteiger partial charge in [-0.15, -0.1) is 0 Å². The van der Waals surface area contributed by atoms with Crippen LogP contribution < -0.4 is 0 Å². The quantitative estimate of drug-likeness (QED) is 0.550. The van der Waals surface area contributed by atoms with Gasteiger partial charge in [0.15, 0.2) is 0 Å². The number of esters is 1. The highest BCUT2D eigenvalue weighted by atomic mass is 16.5. The summed E-state index contributed by atoms with van der Waals surface area (Å²) in [6.07, 6.45) is 6.68. The van der Waals surface area contributed by atoms with Crippen molar-refractivity contribution >= 4 is 5.97 Å². The first-order valence-electron chi connectivity index (χ1n) is 7.29. The second-order valence-electron chi connectivity index (χ2n) is 4.72. The van der Waals surface area contributed by atoms with Crippen molar-refractivity contribution in [2.45, 2.75) is 59.8 Å². The largest absolute Gasteiger partial charge is 0.466 e. The molecule has 0 heterocycles. The first kappa shape index (κ1) is 17.7. The van der Waals surface area contributed by atoms with Crippen molar-refractivity contribution in [1.29, 1.82) is 0 Å². The monoisotopic (exact) mass is 264 g/mol. The lowest BCUT2D eigenvalue weighted by molar-refractivity contribution is -0.140. The minimum absolute atomic E-state index is 0.211. The summed E-state index contributed by atoms with van der Waals surface area (Å²) in [7, 11) is 0. The van der Waals surface area contributed by atoms with Crippen molar-refractivity contribution in [2.75, 3.05) is 6.61 Å². The fourth-order valence-corrected chi connectivity index (χ4v) is 1.71. The number of unbranched alkanes of at least 4 members (excludes halogenated alkanes) is 3. The number of rotatable bonds is 6. The number of aryl methyl sites for hydroxylation is 2. The second-order valence-corrected chi connectivity index (χ2v) is 4.72. The van der Waals surface area contributed by atoms with Crippen LogP contribution in [0.25, 0.3) is 0 Å². The molecule has 19 heavy (non-hydrogen) atoms. The summed E-state index contributed by atoms with van der Waals surface area (Å²) in [5, 5.41) is 0. The number of carbonyl (C=O) groups excluding carboxylic acids is 1. The highest BCUT2D eigenvalue weighted by Crippen LogP contribution is 2.08. The van der Waals surface area contributed by atoms with E-state index in [9.17, 15) is 4.79 Å². The van der Waals surface area contributed by atoms with E-state index in [2.05, 4.69) is 42.8 Å². The third-order valence-electron chi connectivity index (χ3n) is 2.79. The van der Waals surface area contributed by atoms with Crippen LogP contribution in [0.4, 0.5) is 0 Å². The lowest BCUT2D eigenvalue weighted by Crippen LogP contribution is -1.95. The van der Waals surface area contributed by atoms with E-state index in [0.717, 1.165) is 0 Å². The van der Waals surface area contributed by atoms with Crippen LogP contribution in [0.1, 0.15) is 57.6 Å². The summed E-state index contributed by atoms with van der Waals surface area (Å²) in [4.78, 5) is 9.82. The van der Waals surface area contributed by atoms with E-state index >= 15 is 0 Å². The molecule has 0 aliphatic carbocycles. The molecule has 2 heteroatoms. The number of hydrogen-bond acceptors (Lipinski definition) is 2. The van der Waals surface area contributed by atoms with Crippen LogP contribution in [-0.4, -0.2) is 12.6 Å². The summed E-state index contributed by atoms with van der Waals surface area (Å²) >= 11 is 0. The Hall–Kier alpha value is -1.31. The van der Waals surface area contributed by atoms with Crippen molar-refractivity contribution in [1.82, 2.24) is 0 Å². The Balaban J connectivity index is 0.000000459. The van der Waals surface area contributed by atoms with Crippen molar-refractivity contribution in [3.63, 3.8) is 0 Å². The Morgan fingerprint density at radius 2 is 1.68 bits per heavy atom. The van der Waals surface area contributed by atoms with Crippen molar-refractivity contribution in [3.05, 3.63) is 35.4 Å². The fourth-order valence-electron chi connectivity index (χ4n) is 1.71. The van der Waals surface area contributed by atoms with E-state index in [1.807, 2.05) is 0 Å². The standard InChI is InChI=1S/C13H20.C4H8O2/c1-3-4-5-6-7-13-10-8-12(2)9-11-13;1-3-6-4(2)5/h8-11H,3-7H2,1-2H3;3H2,1-2H3. The van der Waals surface area contributed by atoms with Crippen LogP contribution in [0.3, 0.4) is 0 Å². The molecule has 0 aromatic heterocycles. The third kappa shape index (κ3) is 11.5. The van der Waals surface area contributed by atoms with Gasteiger partial charge in [-0.25, -0.2) is 0 Å². The first-order chi connectivity index (χ1) is 9.10. The van der Waals surface area contributed by atoms with Gasteiger partial charge in [-0.2, -0.15) is 0 Å². The molecule has 108 valence electrons. The van der Waals surface area contributed by atoms with Gasteiger partial charge in [0.2, 0.25) is 0 Å². The zero-order chi connectivity index (χ0) is 14.5. The van der Waals surface area contributed by atoms with Gasteiger partial charge in [0, 0.05) is 6.92 Å². The zero-order valence-corrected chi connectivity index (χ0v) is 12.9. The molecule has 0 amide bonds. The first-order valence-corrected chi connectivity index (χ1v) is 7.29. The molecule has 0 aliphatic rings. The number of hydrogen-bond donors (Lipinski definition) is 0. The van der Waals surface area contributed by atoms with Gasteiger partial charge in [0.05, 0.1) is 6.61 Å². The molecule has 0 bridgehead atoms. The highest BCUT2D eigenvalue weighted by molar-refractivity contribution is 5.65. The van der Waals surface area contributed by atoms with Crippen LogP contribution in [0, 0.1) is 6.92 Å². The molecular weight excluding hydrogens is 236 g/mol. The Morgan fingerprint density at radius 1 is 1.05 bits per heavy atom. The fraction of sp³-hybridized carbons (Fsp3) is 0.588. The molecule has 0 unspecified atom stereocenters. The van der Waals surface area contributed by atoms with Crippen LogP contribution in [0.15, 0.2) is 24.3 Å². The van der Waals surface area contributed by atoms with Gasteiger partial charge in [-0.3, -0.25) is 4.79 Å². The number of benzene rings is 1. The number of ether oxygens (including phenoxy) is 1. The van der Waals surface area contributed by atoms with E-state index in [1.54, 1.807) is 6.92 Å². The van der Waals surface area contributed by atoms with E-state index in [0.29, 0.717) is 6.61 Å². The van der Waals surface area contributed by atoms with Crippen LogP contribution in [0.2, 0.25) is 0 Å². The van der Waals surface area contributed by atoms with Crippen molar-refractivity contribution in [2.24, 2.45) is 0 Å². The summed E-state index contributed by atoms with van der Waals surface area (Å²) in [6, 6.07) is 8.91. The van der Waals surface area contributed by atoms with Gasteiger partial charge < -0.3 is 4.74 Å². The molecule has 0 radical (unpaired) electrons. The Labute approximate surface area is 118 Å². The Morgan fingerprint density at radius 3 is 2.11 bits per heavy atom. The normalized spacial score (nSPS) is 9.47. The molecule has 1 rings (SSSR count). The van der Waals surface area contributed by atoms with E-state index in [1.165, 1.54) is 50.2 Å². The number of carbonyl (C=O) groups is 1. The van der Waals surface area contributed by atoms with Gasteiger partial charge in [-0.1, -0.05) is 56.0 Å². The summed E-state index contributed by atoms with van der Waals surface area (Å²) in [5.74, 6) is -0.211. The van der Waals surface area contributed by atoms with Gasteiger partial charge in [0.25, 0.3) is 0 Å². The zero-order valence-electron chi connectivity index (χ0n) is 12.9. The van der Waals surface area contributed by atoms with Crippen molar-refractivity contribution in [3.8, 4) is 0 Å². The molecule has 0 aliphatic heterocycles. The molecular formula is C17H28O2. The van der Waals surface area contributed by atoms with Crippen LogP contribution in [0.5, 0.6) is 0 Å². The maximum atomic E-state index is 9.82. The van der Waals surface area contributed by atoms with Crippen molar-refractivity contribution < 1.29 is 9.53 Å².